The zero-order valence-corrected chi connectivity index (χ0v) is 9.07. The van der Waals surface area contributed by atoms with Crippen molar-refractivity contribution < 1.29 is 4.42 Å². The smallest absolute Gasteiger partial charge is 0.219 e. The van der Waals surface area contributed by atoms with E-state index in [4.69, 9.17) is 4.42 Å². The van der Waals surface area contributed by atoms with Crippen molar-refractivity contribution in [1.82, 2.24) is 4.90 Å². The highest BCUT2D eigenvalue weighted by Crippen LogP contribution is 2.33. The van der Waals surface area contributed by atoms with Gasteiger partial charge in [-0.1, -0.05) is 0 Å². The van der Waals surface area contributed by atoms with Crippen molar-refractivity contribution >= 4 is 11.6 Å². The van der Waals surface area contributed by atoms with E-state index in [-0.39, 0.29) is 0 Å². The molecule has 0 aromatic carbocycles. The van der Waals surface area contributed by atoms with E-state index in [0.717, 1.165) is 37.8 Å². The van der Waals surface area contributed by atoms with Gasteiger partial charge < -0.3 is 19.5 Å². The predicted molar refractivity (Wildman–Crippen MR) is 60.4 cm³/mol. The number of nitrogens with one attached hydrogen (secondary N) is 1. The van der Waals surface area contributed by atoms with E-state index in [2.05, 4.69) is 22.2 Å². The third-order valence-electron chi connectivity index (χ3n) is 3.38. The van der Waals surface area contributed by atoms with Gasteiger partial charge in [0.1, 0.15) is 0 Å². The minimum absolute atomic E-state index is 0.601. The molecule has 3 heterocycles. The van der Waals surface area contributed by atoms with Gasteiger partial charge in [-0.25, -0.2) is 0 Å². The van der Waals surface area contributed by atoms with Crippen molar-refractivity contribution in [3.63, 3.8) is 0 Å². The van der Waals surface area contributed by atoms with Gasteiger partial charge in [-0.15, -0.1) is 0 Å². The van der Waals surface area contributed by atoms with Crippen LogP contribution in [-0.2, 0) is 0 Å². The average molecular weight is 207 g/mol. The quantitative estimate of drug-likeness (QED) is 0.693. The SMILES string of the molecule is CN1CCN2c3occc3NCCC2C1. The molecule has 0 aliphatic carbocycles. The fourth-order valence-electron chi connectivity index (χ4n) is 2.56. The molecule has 1 unspecified atom stereocenters. The number of hydrogen-bond donors (Lipinski definition) is 1. The maximum atomic E-state index is 5.59. The van der Waals surface area contributed by atoms with Gasteiger partial charge in [0.25, 0.3) is 0 Å². The standard InChI is InChI=1S/C11H17N3O/c1-13-5-6-14-9(8-13)2-4-12-10-3-7-15-11(10)14/h3,7,9,12H,2,4-6,8H2,1H3. The molecule has 1 fully saturated rings. The van der Waals surface area contributed by atoms with Crippen molar-refractivity contribution in [2.75, 3.05) is 43.4 Å². The molecule has 15 heavy (non-hydrogen) atoms. The van der Waals surface area contributed by atoms with Crippen LogP contribution in [-0.4, -0.2) is 44.2 Å². The summed E-state index contributed by atoms with van der Waals surface area (Å²) in [6.07, 6.45) is 2.97. The lowest BCUT2D eigenvalue weighted by Crippen LogP contribution is -2.51. The molecule has 2 aliphatic heterocycles. The number of nitrogens with zero attached hydrogens (tertiary/aromatic N) is 2. The van der Waals surface area contributed by atoms with Gasteiger partial charge in [0, 0.05) is 38.3 Å². The van der Waals surface area contributed by atoms with Crippen LogP contribution in [0.3, 0.4) is 0 Å². The van der Waals surface area contributed by atoms with Crippen LogP contribution >= 0.6 is 0 Å². The Hall–Kier alpha value is -1.16. The summed E-state index contributed by atoms with van der Waals surface area (Å²) >= 11 is 0. The largest absolute Gasteiger partial charge is 0.447 e. The van der Waals surface area contributed by atoms with Crippen LogP contribution in [0.2, 0.25) is 0 Å². The van der Waals surface area contributed by atoms with E-state index in [1.807, 2.05) is 6.07 Å². The van der Waals surface area contributed by atoms with Crippen LogP contribution < -0.4 is 10.2 Å². The van der Waals surface area contributed by atoms with Crippen molar-refractivity contribution in [3.05, 3.63) is 12.3 Å². The lowest BCUT2D eigenvalue weighted by atomic mass is 10.1. The number of hydrogen-bond acceptors (Lipinski definition) is 4. The second-order valence-corrected chi connectivity index (χ2v) is 4.46. The summed E-state index contributed by atoms with van der Waals surface area (Å²) in [5.74, 6) is 1.03. The zero-order valence-electron chi connectivity index (χ0n) is 9.07. The number of anilines is 2. The second-order valence-electron chi connectivity index (χ2n) is 4.46. The summed E-state index contributed by atoms with van der Waals surface area (Å²) in [4.78, 5) is 4.81. The van der Waals surface area contributed by atoms with Crippen molar-refractivity contribution in [3.8, 4) is 0 Å². The molecule has 2 aliphatic rings. The first-order valence-corrected chi connectivity index (χ1v) is 5.61. The Morgan fingerprint density at radius 1 is 1.47 bits per heavy atom. The van der Waals surface area contributed by atoms with Gasteiger partial charge in [0.2, 0.25) is 5.88 Å². The average Bonchev–Trinajstić information content (AvgIpc) is 2.61. The molecule has 4 nitrogen and oxygen atoms in total. The van der Waals surface area contributed by atoms with Gasteiger partial charge in [0.15, 0.2) is 0 Å². The molecule has 1 aromatic rings. The van der Waals surface area contributed by atoms with Crippen LogP contribution in [0.25, 0.3) is 0 Å². The topological polar surface area (TPSA) is 31.6 Å². The maximum Gasteiger partial charge on any atom is 0.219 e. The summed E-state index contributed by atoms with van der Waals surface area (Å²) in [6.45, 7) is 4.38. The van der Waals surface area contributed by atoms with Crippen molar-refractivity contribution in [1.29, 1.82) is 0 Å². The lowest BCUT2D eigenvalue weighted by molar-refractivity contribution is 0.257. The number of rotatable bonds is 0. The fraction of sp³-hybridized carbons (Fsp3) is 0.636. The Labute approximate surface area is 89.8 Å². The fourth-order valence-corrected chi connectivity index (χ4v) is 2.56. The van der Waals surface area contributed by atoms with Gasteiger partial charge in [-0.3, -0.25) is 0 Å². The molecule has 1 saturated heterocycles. The highest BCUT2D eigenvalue weighted by Gasteiger charge is 2.30. The molecule has 3 rings (SSSR count). The van der Waals surface area contributed by atoms with Crippen LogP contribution in [0.4, 0.5) is 11.6 Å². The van der Waals surface area contributed by atoms with Crippen LogP contribution in [0.1, 0.15) is 6.42 Å². The minimum Gasteiger partial charge on any atom is -0.447 e. The Kier molecular flexibility index (Phi) is 2.09. The number of piperazine rings is 1. The van der Waals surface area contributed by atoms with E-state index in [0.29, 0.717) is 6.04 Å². The van der Waals surface area contributed by atoms with E-state index in [1.165, 1.54) is 6.42 Å². The molecular formula is C11H17N3O. The molecule has 0 spiro atoms. The first kappa shape index (κ1) is 9.09. The monoisotopic (exact) mass is 207 g/mol. The highest BCUT2D eigenvalue weighted by atomic mass is 16.3. The maximum absolute atomic E-state index is 5.59. The Bertz CT molecular complexity index is 349. The summed E-state index contributed by atoms with van der Waals surface area (Å²) in [6, 6.07) is 2.62. The zero-order chi connectivity index (χ0) is 10.3. The highest BCUT2D eigenvalue weighted by molar-refractivity contribution is 5.65. The molecule has 1 atom stereocenters. The predicted octanol–water partition coefficient (Wildman–Crippen LogP) is 1.22. The molecular weight excluding hydrogens is 190 g/mol. The van der Waals surface area contributed by atoms with Crippen LogP contribution in [0, 0.1) is 0 Å². The second kappa shape index (κ2) is 3.45. The molecule has 0 saturated carbocycles. The normalized spacial score (nSPS) is 26.5. The molecule has 0 amide bonds. The third-order valence-corrected chi connectivity index (χ3v) is 3.38. The summed E-state index contributed by atoms with van der Waals surface area (Å²) in [7, 11) is 2.19. The van der Waals surface area contributed by atoms with Gasteiger partial charge in [0.05, 0.1) is 12.0 Å². The van der Waals surface area contributed by atoms with E-state index in [9.17, 15) is 0 Å². The molecule has 4 heteroatoms. The molecule has 1 N–H and O–H groups in total. The first-order valence-electron chi connectivity index (χ1n) is 5.61. The van der Waals surface area contributed by atoms with Crippen LogP contribution in [0.5, 0.6) is 0 Å². The summed E-state index contributed by atoms with van der Waals surface area (Å²) in [5, 5.41) is 3.42. The van der Waals surface area contributed by atoms with Crippen LogP contribution in [0.15, 0.2) is 16.7 Å². The Morgan fingerprint density at radius 2 is 2.40 bits per heavy atom. The number of fused-ring (bicyclic) bond motifs is 3. The van der Waals surface area contributed by atoms with Crippen molar-refractivity contribution in [2.45, 2.75) is 12.5 Å². The Balaban J connectivity index is 1.92. The lowest BCUT2D eigenvalue weighted by Gasteiger charge is -2.39. The van der Waals surface area contributed by atoms with E-state index < -0.39 is 0 Å². The molecule has 1 aromatic heterocycles. The minimum atomic E-state index is 0.601. The van der Waals surface area contributed by atoms with Gasteiger partial charge in [-0.2, -0.15) is 0 Å². The van der Waals surface area contributed by atoms with E-state index in [1.54, 1.807) is 6.26 Å². The van der Waals surface area contributed by atoms with E-state index >= 15 is 0 Å². The number of likely N-dealkylation sites (N-methyl/N-ethyl adjacent to an activating group) is 1. The van der Waals surface area contributed by atoms with Gasteiger partial charge >= 0.3 is 0 Å². The molecule has 0 bridgehead atoms. The van der Waals surface area contributed by atoms with Crippen molar-refractivity contribution in [2.24, 2.45) is 0 Å². The Morgan fingerprint density at radius 3 is 3.33 bits per heavy atom. The third kappa shape index (κ3) is 1.49. The molecule has 0 radical (unpaired) electrons. The van der Waals surface area contributed by atoms with Gasteiger partial charge in [-0.05, 0) is 13.5 Å². The summed E-state index contributed by atoms with van der Waals surface area (Å²) in [5.41, 5.74) is 1.15. The molecule has 82 valence electrons. The summed E-state index contributed by atoms with van der Waals surface area (Å²) < 4.78 is 5.59. The number of furan rings is 1. The first-order chi connectivity index (χ1) is 7.34.